The van der Waals surface area contributed by atoms with E-state index in [2.05, 4.69) is 44.0 Å². The van der Waals surface area contributed by atoms with E-state index in [1.165, 1.54) is 18.4 Å². The van der Waals surface area contributed by atoms with Crippen LogP contribution in [0.15, 0.2) is 53.5 Å². The first-order valence-electron chi connectivity index (χ1n) is 11.3. The summed E-state index contributed by atoms with van der Waals surface area (Å²) in [6, 6.07) is 16.2. The number of hydrogen-bond acceptors (Lipinski definition) is 4. The molecule has 1 atom stereocenters. The lowest BCUT2D eigenvalue weighted by Crippen LogP contribution is -2.42. The minimum atomic E-state index is -0.0463. The number of ether oxygens (including phenoxy) is 1. The summed E-state index contributed by atoms with van der Waals surface area (Å²) in [7, 11) is 3.49. The van der Waals surface area contributed by atoms with Crippen molar-refractivity contribution in [3.8, 4) is 5.75 Å². The summed E-state index contributed by atoms with van der Waals surface area (Å²) in [5, 5.41) is 9.68. The number of nitrogens with zero attached hydrogens (tertiary/aromatic N) is 2. The molecule has 2 aromatic carbocycles. The molecular formula is C25H36IN5O2. The summed E-state index contributed by atoms with van der Waals surface area (Å²) in [5.74, 6) is 1.59. The third-order valence-electron chi connectivity index (χ3n) is 5.76. The van der Waals surface area contributed by atoms with E-state index < -0.39 is 0 Å². The smallest absolute Gasteiger partial charge is 0.251 e. The van der Waals surface area contributed by atoms with Crippen LogP contribution in [0.3, 0.4) is 0 Å². The Bertz CT molecular complexity index is 898. The van der Waals surface area contributed by atoms with Crippen LogP contribution in [0.2, 0.25) is 0 Å². The van der Waals surface area contributed by atoms with E-state index >= 15 is 0 Å². The third-order valence-corrected chi connectivity index (χ3v) is 5.76. The Labute approximate surface area is 214 Å². The molecule has 1 saturated heterocycles. The molecule has 0 aromatic heterocycles. The number of nitrogens with one attached hydrogen (secondary N) is 3. The summed E-state index contributed by atoms with van der Waals surface area (Å²) >= 11 is 0. The van der Waals surface area contributed by atoms with Crippen LogP contribution in [0.1, 0.15) is 47.3 Å². The van der Waals surface area contributed by atoms with Crippen molar-refractivity contribution in [2.45, 2.75) is 32.4 Å². The number of halogens is 1. The topological polar surface area (TPSA) is 78.0 Å². The second kappa shape index (κ2) is 14.0. The number of likely N-dealkylation sites (tertiary alicyclic amines) is 1. The SMILES string of the molecule is CCNC(=O)c1ccc(CNC(=NC)NCC(c2cccc(OC)c2)N2CCCC2)cc1.I. The normalized spacial score (nSPS) is 14.8. The molecule has 8 heteroatoms. The highest BCUT2D eigenvalue weighted by atomic mass is 127. The van der Waals surface area contributed by atoms with Crippen LogP contribution in [0.25, 0.3) is 0 Å². The largest absolute Gasteiger partial charge is 0.497 e. The third kappa shape index (κ3) is 7.89. The highest BCUT2D eigenvalue weighted by Gasteiger charge is 2.24. The molecule has 0 spiro atoms. The number of rotatable bonds is 9. The van der Waals surface area contributed by atoms with Gasteiger partial charge in [-0.05, 0) is 68.2 Å². The van der Waals surface area contributed by atoms with E-state index in [0.29, 0.717) is 18.7 Å². The van der Waals surface area contributed by atoms with Crippen molar-refractivity contribution >= 4 is 35.8 Å². The molecule has 0 bridgehead atoms. The monoisotopic (exact) mass is 565 g/mol. The Morgan fingerprint density at radius 3 is 2.45 bits per heavy atom. The molecular weight excluding hydrogens is 529 g/mol. The molecule has 33 heavy (non-hydrogen) atoms. The first-order chi connectivity index (χ1) is 15.6. The van der Waals surface area contributed by atoms with E-state index in [9.17, 15) is 4.79 Å². The number of methoxy groups -OCH3 is 1. The fourth-order valence-corrected chi connectivity index (χ4v) is 4.00. The quantitative estimate of drug-likeness (QED) is 0.246. The lowest BCUT2D eigenvalue weighted by Gasteiger charge is -2.29. The molecule has 0 aliphatic carbocycles. The number of carbonyl (C=O) groups excluding carboxylic acids is 1. The maximum Gasteiger partial charge on any atom is 0.251 e. The van der Waals surface area contributed by atoms with Crippen molar-refractivity contribution in [2.75, 3.05) is 40.3 Å². The van der Waals surface area contributed by atoms with E-state index in [4.69, 9.17) is 4.74 Å². The van der Waals surface area contributed by atoms with Crippen LogP contribution < -0.4 is 20.7 Å². The summed E-state index contributed by atoms with van der Waals surface area (Å²) in [6.07, 6.45) is 2.47. The van der Waals surface area contributed by atoms with Crippen LogP contribution >= 0.6 is 24.0 Å². The van der Waals surface area contributed by atoms with Crippen LogP contribution in [-0.2, 0) is 6.54 Å². The zero-order valence-corrected chi connectivity index (χ0v) is 22.1. The van der Waals surface area contributed by atoms with Crippen LogP contribution in [0.4, 0.5) is 0 Å². The maximum absolute atomic E-state index is 11.9. The summed E-state index contributed by atoms with van der Waals surface area (Å²) < 4.78 is 5.44. The Morgan fingerprint density at radius 2 is 1.82 bits per heavy atom. The molecule has 3 N–H and O–H groups in total. The van der Waals surface area contributed by atoms with Gasteiger partial charge in [-0.15, -0.1) is 24.0 Å². The fourth-order valence-electron chi connectivity index (χ4n) is 4.00. The number of guanidine groups is 1. The average Bonchev–Trinajstić information content (AvgIpc) is 3.36. The molecule has 2 aromatic rings. The van der Waals surface area contributed by atoms with E-state index in [0.717, 1.165) is 36.9 Å². The van der Waals surface area contributed by atoms with Crippen molar-refractivity contribution in [3.05, 3.63) is 65.2 Å². The highest BCUT2D eigenvalue weighted by molar-refractivity contribution is 14.0. The second-order valence-corrected chi connectivity index (χ2v) is 7.90. The van der Waals surface area contributed by atoms with Gasteiger partial charge in [0.25, 0.3) is 5.91 Å². The van der Waals surface area contributed by atoms with Crippen molar-refractivity contribution in [2.24, 2.45) is 4.99 Å². The van der Waals surface area contributed by atoms with Gasteiger partial charge < -0.3 is 20.7 Å². The van der Waals surface area contributed by atoms with Gasteiger partial charge in [-0.2, -0.15) is 0 Å². The van der Waals surface area contributed by atoms with Crippen LogP contribution in [0, 0.1) is 0 Å². The standard InChI is InChI=1S/C25H35N5O2.HI/c1-4-27-24(31)20-12-10-19(11-13-20)17-28-25(26-2)29-18-23(30-14-5-6-15-30)21-8-7-9-22(16-21)32-3;/h7-13,16,23H,4-6,14-15,17-18H2,1-3H3,(H,27,31)(H2,26,28,29);1H. The molecule has 1 fully saturated rings. The molecule has 1 aliphatic rings. The van der Waals surface area contributed by atoms with Gasteiger partial charge in [0.2, 0.25) is 0 Å². The number of hydrogen-bond donors (Lipinski definition) is 3. The molecule has 1 aliphatic heterocycles. The minimum absolute atomic E-state index is 0. The number of benzene rings is 2. The van der Waals surface area contributed by atoms with Crippen LogP contribution in [-0.4, -0.2) is 57.1 Å². The summed E-state index contributed by atoms with van der Waals surface area (Å²) in [5.41, 5.74) is 3.00. The first kappa shape index (κ1) is 26.9. The number of carbonyl (C=O) groups is 1. The zero-order chi connectivity index (χ0) is 22.8. The van der Waals surface area contributed by atoms with E-state index in [1.54, 1.807) is 14.2 Å². The van der Waals surface area contributed by atoms with Gasteiger partial charge in [0.05, 0.1) is 13.2 Å². The Hall–Kier alpha value is -2.33. The predicted octanol–water partition coefficient (Wildman–Crippen LogP) is 3.57. The Kier molecular flexibility index (Phi) is 11.5. The lowest BCUT2D eigenvalue weighted by atomic mass is 10.1. The van der Waals surface area contributed by atoms with Gasteiger partial charge in [0.15, 0.2) is 5.96 Å². The Morgan fingerprint density at radius 1 is 1.09 bits per heavy atom. The Balaban J connectivity index is 0.00000385. The van der Waals surface area contributed by atoms with Crippen LogP contribution in [0.5, 0.6) is 5.75 Å². The van der Waals surface area contributed by atoms with Gasteiger partial charge in [-0.3, -0.25) is 14.7 Å². The van der Waals surface area contributed by atoms with Gasteiger partial charge in [-0.25, -0.2) is 0 Å². The van der Waals surface area contributed by atoms with Gasteiger partial charge in [0.1, 0.15) is 5.75 Å². The average molecular weight is 566 g/mol. The van der Waals surface area contributed by atoms with Gasteiger partial charge >= 0.3 is 0 Å². The molecule has 7 nitrogen and oxygen atoms in total. The fraction of sp³-hybridized carbons (Fsp3) is 0.440. The first-order valence-corrected chi connectivity index (χ1v) is 11.3. The molecule has 180 valence electrons. The number of amides is 1. The predicted molar refractivity (Wildman–Crippen MR) is 145 cm³/mol. The number of aliphatic imine (C=N–C) groups is 1. The maximum atomic E-state index is 11.9. The highest BCUT2D eigenvalue weighted by Crippen LogP contribution is 2.27. The van der Waals surface area contributed by atoms with Gasteiger partial charge in [-0.1, -0.05) is 24.3 Å². The molecule has 3 rings (SSSR count). The molecule has 1 amide bonds. The minimum Gasteiger partial charge on any atom is -0.497 e. The van der Waals surface area contributed by atoms with E-state index in [-0.39, 0.29) is 35.9 Å². The summed E-state index contributed by atoms with van der Waals surface area (Å²) in [4.78, 5) is 18.8. The zero-order valence-electron chi connectivity index (χ0n) is 19.8. The molecule has 0 radical (unpaired) electrons. The van der Waals surface area contributed by atoms with Crippen molar-refractivity contribution in [1.29, 1.82) is 0 Å². The van der Waals surface area contributed by atoms with E-state index in [1.807, 2.05) is 37.3 Å². The lowest BCUT2D eigenvalue weighted by molar-refractivity contribution is 0.0956. The molecule has 1 unspecified atom stereocenters. The van der Waals surface area contributed by atoms with Crippen molar-refractivity contribution in [3.63, 3.8) is 0 Å². The summed E-state index contributed by atoms with van der Waals surface area (Å²) in [6.45, 7) is 6.13. The second-order valence-electron chi connectivity index (χ2n) is 7.90. The molecule has 1 heterocycles. The molecule has 0 saturated carbocycles. The van der Waals surface area contributed by atoms with Gasteiger partial charge in [0, 0.05) is 32.2 Å². The van der Waals surface area contributed by atoms with Crippen molar-refractivity contribution < 1.29 is 9.53 Å². The van der Waals surface area contributed by atoms with Crippen molar-refractivity contribution in [1.82, 2.24) is 20.9 Å².